The second kappa shape index (κ2) is 6.14. The average Bonchev–Trinajstić information content (AvgIpc) is 2.41. The zero-order valence-electron chi connectivity index (χ0n) is 9.84. The second-order valence-electron chi connectivity index (χ2n) is 3.74. The first kappa shape index (κ1) is 14.7. The topological polar surface area (TPSA) is 85.1 Å². The molecule has 0 bridgehead atoms. The van der Waals surface area contributed by atoms with E-state index < -0.39 is 16.5 Å². The maximum atomic E-state index is 12.1. The predicted molar refractivity (Wildman–Crippen MR) is 83.0 cm³/mol. The summed E-state index contributed by atoms with van der Waals surface area (Å²) in [4.78, 5) is 25.9. The minimum Gasteiger partial charge on any atom is -0.322 e. The van der Waals surface area contributed by atoms with Crippen LogP contribution in [0.25, 0.3) is 0 Å². The van der Waals surface area contributed by atoms with Gasteiger partial charge in [-0.15, -0.1) is 0 Å². The monoisotopic (exact) mass is 403 g/mol. The highest BCUT2D eigenvalue weighted by atomic mass is 127. The number of amides is 1. The summed E-state index contributed by atoms with van der Waals surface area (Å²) in [6, 6.07) is 8.19. The Kier molecular flexibility index (Phi) is 4.50. The highest BCUT2D eigenvalue weighted by Crippen LogP contribution is 2.22. The first-order valence-electron chi connectivity index (χ1n) is 5.34. The summed E-state index contributed by atoms with van der Waals surface area (Å²) < 4.78 is 1.01. The lowest BCUT2D eigenvalue weighted by Gasteiger charge is -2.06. The van der Waals surface area contributed by atoms with Crippen molar-refractivity contribution in [1.29, 1.82) is 0 Å². The predicted octanol–water partition coefficient (Wildman–Crippen LogP) is 3.50. The van der Waals surface area contributed by atoms with Crippen molar-refractivity contribution >= 4 is 51.5 Å². The lowest BCUT2D eigenvalue weighted by molar-refractivity contribution is -0.385. The fraction of sp³-hybridized carbons (Fsp3) is 0. The molecule has 1 aromatic carbocycles. The van der Waals surface area contributed by atoms with Crippen molar-refractivity contribution < 1.29 is 9.72 Å². The third kappa shape index (κ3) is 3.42. The summed E-state index contributed by atoms with van der Waals surface area (Å²) in [5.41, 5.74) is 0.0172. The zero-order valence-corrected chi connectivity index (χ0v) is 12.8. The maximum absolute atomic E-state index is 12.1. The third-order valence-electron chi connectivity index (χ3n) is 2.39. The van der Waals surface area contributed by atoms with Crippen molar-refractivity contribution in [3.63, 3.8) is 0 Å². The van der Waals surface area contributed by atoms with Crippen molar-refractivity contribution in [2.45, 2.75) is 0 Å². The minimum atomic E-state index is -0.674. The number of hydrogen-bond acceptors (Lipinski definition) is 4. The van der Waals surface area contributed by atoms with Gasteiger partial charge in [0.05, 0.1) is 4.92 Å². The average molecular weight is 404 g/mol. The van der Waals surface area contributed by atoms with E-state index in [1.165, 1.54) is 6.07 Å². The second-order valence-corrected chi connectivity index (χ2v) is 5.38. The van der Waals surface area contributed by atoms with Crippen LogP contribution in [0.2, 0.25) is 5.15 Å². The molecule has 0 unspecified atom stereocenters. The van der Waals surface area contributed by atoms with Crippen molar-refractivity contribution in [3.05, 3.63) is 60.9 Å². The molecule has 20 heavy (non-hydrogen) atoms. The van der Waals surface area contributed by atoms with Crippen LogP contribution in [0.15, 0.2) is 36.5 Å². The Labute approximate surface area is 132 Å². The molecule has 1 N–H and O–H groups in total. The number of carbonyl (C=O) groups is 1. The van der Waals surface area contributed by atoms with E-state index >= 15 is 0 Å². The van der Waals surface area contributed by atoms with Crippen LogP contribution >= 0.6 is 34.2 Å². The van der Waals surface area contributed by atoms with E-state index in [4.69, 9.17) is 11.6 Å². The van der Waals surface area contributed by atoms with Crippen LogP contribution in [0.5, 0.6) is 0 Å². The molecule has 0 radical (unpaired) electrons. The normalized spacial score (nSPS) is 10.1. The molecular weight excluding hydrogens is 397 g/mol. The van der Waals surface area contributed by atoms with Crippen molar-refractivity contribution in [3.8, 4) is 0 Å². The Bertz CT molecular complexity index is 676. The number of pyridine rings is 1. The number of anilines is 1. The standard InChI is InChI=1S/C12H7ClIN3O3/c13-11-5-9(10(6-15-11)17(19)20)12(18)16-8-3-1-7(14)2-4-8/h1-6H,(H,16,18). The number of aromatic nitrogens is 1. The molecular formula is C12H7ClIN3O3. The summed E-state index contributed by atoms with van der Waals surface area (Å²) in [6.07, 6.45) is 0.963. The van der Waals surface area contributed by atoms with Crippen LogP contribution in [-0.4, -0.2) is 15.8 Å². The lowest BCUT2D eigenvalue weighted by atomic mass is 10.2. The van der Waals surface area contributed by atoms with Crippen LogP contribution in [0.3, 0.4) is 0 Å². The first-order valence-corrected chi connectivity index (χ1v) is 6.80. The Morgan fingerprint density at radius 2 is 2.00 bits per heavy atom. The molecule has 6 nitrogen and oxygen atoms in total. The van der Waals surface area contributed by atoms with Gasteiger partial charge in [0.25, 0.3) is 11.6 Å². The fourth-order valence-electron chi connectivity index (χ4n) is 1.48. The van der Waals surface area contributed by atoms with Gasteiger partial charge in [-0.1, -0.05) is 11.6 Å². The fourth-order valence-corrected chi connectivity index (χ4v) is 2.00. The van der Waals surface area contributed by atoms with Gasteiger partial charge in [-0.25, -0.2) is 4.98 Å². The van der Waals surface area contributed by atoms with Gasteiger partial charge in [0, 0.05) is 9.26 Å². The van der Waals surface area contributed by atoms with Crippen LogP contribution < -0.4 is 5.32 Å². The number of benzene rings is 1. The van der Waals surface area contributed by atoms with E-state index in [2.05, 4.69) is 32.9 Å². The van der Waals surface area contributed by atoms with Crippen molar-refractivity contribution in [2.75, 3.05) is 5.32 Å². The Morgan fingerprint density at radius 3 is 2.60 bits per heavy atom. The van der Waals surface area contributed by atoms with E-state index in [-0.39, 0.29) is 10.7 Å². The largest absolute Gasteiger partial charge is 0.322 e. The van der Waals surface area contributed by atoms with Gasteiger partial charge in [0.1, 0.15) is 16.9 Å². The van der Waals surface area contributed by atoms with Crippen LogP contribution in [-0.2, 0) is 0 Å². The van der Waals surface area contributed by atoms with Crippen LogP contribution in [0.4, 0.5) is 11.4 Å². The maximum Gasteiger partial charge on any atom is 0.300 e. The minimum absolute atomic E-state index is 0.0170. The summed E-state index contributed by atoms with van der Waals surface area (Å²) in [7, 11) is 0. The van der Waals surface area contributed by atoms with Gasteiger partial charge >= 0.3 is 0 Å². The molecule has 0 aliphatic rings. The van der Waals surface area contributed by atoms with Gasteiger partial charge in [0.2, 0.25) is 0 Å². The lowest BCUT2D eigenvalue weighted by Crippen LogP contribution is -2.14. The highest BCUT2D eigenvalue weighted by molar-refractivity contribution is 14.1. The first-order chi connectivity index (χ1) is 9.47. The molecule has 0 spiro atoms. The van der Waals surface area contributed by atoms with E-state index in [1.807, 2.05) is 12.1 Å². The smallest absolute Gasteiger partial charge is 0.300 e. The number of rotatable bonds is 3. The Balaban J connectivity index is 2.31. The van der Waals surface area contributed by atoms with Gasteiger partial charge in [-0.2, -0.15) is 0 Å². The molecule has 1 amide bonds. The molecule has 2 rings (SSSR count). The molecule has 1 aromatic heterocycles. The van der Waals surface area contributed by atoms with Crippen LogP contribution in [0.1, 0.15) is 10.4 Å². The third-order valence-corrected chi connectivity index (χ3v) is 3.32. The quantitative estimate of drug-likeness (QED) is 0.368. The molecule has 0 fully saturated rings. The van der Waals surface area contributed by atoms with E-state index in [9.17, 15) is 14.9 Å². The Morgan fingerprint density at radius 1 is 1.35 bits per heavy atom. The van der Waals surface area contributed by atoms with Gasteiger partial charge < -0.3 is 5.32 Å². The molecule has 2 aromatic rings. The number of carbonyl (C=O) groups excluding carboxylic acids is 1. The van der Waals surface area contributed by atoms with Gasteiger partial charge in [0.15, 0.2) is 0 Å². The van der Waals surface area contributed by atoms with Crippen LogP contribution in [0, 0.1) is 13.7 Å². The van der Waals surface area contributed by atoms with Gasteiger partial charge in [-0.05, 0) is 52.9 Å². The Hall–Kier alpha value is -1.74. The summed E-state index contributed by atoms with van der Waals surface area (Å²) in [5.74, 6) is -0.609. The zero-order chi connectivity index (χ0) is 14.7. The molecule has 8 heteroatoms. The highest BCUT2D eigenvalue weighted by Gasteiger charge is 2.21. The number of nitro groups is 1. The molecule has 102 valence electrons. The molecule has 0 saturated heterocycles. The molecule has 0 saturated carbocycles. The SMILES string of the molecule is O=C(Nc1ccc(I)cc1)c1cc(Cl)ncc1[N+](=O)[O-]. The van der Waals surface area contributed by atoms with Crippen molar-refractivity contribution in [1.82, 2.24) is 4.98 Å². The molecule has 0 aliphatic heterocycles. The van der Waals surface area contributed by atoms with E-state index in [0.717, 1.165) is 9.77 Å². The number of nitrogens with zero attached hydrogens (tertiary/aromatic N) is 2. The van der Waals surface area contributed by atoms with E-state index in [0.29, 0.717) is 5.69 Å². The van der Waals surface area contributed by atoms with E-state index in [1.54, 1.807) is 12.1 Å². The molecule has 0 aliphatic carbocycles. The summed E-state index contributed by atoms with van der Waals surface area (Å²) in [6.45, 7) is 0. The number of halogens is 2. The number of hydrogen-bond donors (Lipinski definition) is 1. The van der Waals surface area contributed by atoms with Crippen molar-refractivity contribution in [2.24, 2.45) is 0 Å². The molecule has 1 heterocycles. The molecule has 0 atom stereocenters. The number of nitrogens with one attached hydrogen (secondary N) is 1. The van der Waals surface area contributed by atoms with Gasteiger partial charge in [-0.3, -0.25) is 14.9 Å². The summed E-state index contributed by atoms with van der Waals surface area (Å²) in [5, 5.41) is 13.5. The summed E-state index contributed by atoms with van der Waals surface area (Å²) >= 11 is 7.81.